The van der Waals surface area contributed by atoms with Crippen LogP contribution in [-0.4, -0.2) is 4.98 Å². The Labute approximate surface area is 70.5 Å². The van der Waals surface area contributed by atoms with Crippen molar-refractivity contribution in [2.75, 3.05) is 0 Å². The molecule has 0 radical (unpaired) electrons. The molecular formula is C9H7NS. The summed E-state index contributed by atoms with van der Waals surface area (Å²) in [5.74, 6) is 2.41. The molecule has 54 valence electrons. The molecule has 1 aromatic heterocycles. The number of thioether (sulfide) groups is 1. The first-order chi connectivity index (χ1) is 5.43. The van der Waals surface area contributed by atoms with Gasteiger partial charge in [-0.25, -0.2) is 4.98 Å². The highest BCUT2D eigenvalue weighted by atomic mass is 32.2. The van der Waals surface area contributed by atoms with Crippen LogP contribution in [0.15, 0.2) is 40.9 Å². The van der Waals surface area contributed by atoms with E-state index >= 15 is 0 Å². The zero-order valence-electron chi connectivity index (χ0n) is 5.90. The van der Waals surface area contributed by atoms with Gasteiger partial charge in [0.25, 0.3) is 0 Å². The summed E-state index contributed by atoms with van der Waals surface area (Å²) in [6.45, 7) is 0. The lowest BCUT2D eigenvalue weighted by atomic mass is 10.5. The summed E-state index contributed by atoms with van der Waals surface area (Å²) in [7, 11) is 0. The molecule has 0 aliphatic carbocycles. The van der Waals surface area contributed by atoms with Gasteiger partial charge in [0, 0.05) is 6.20 Å². The monoisotopic (exact) mass is 161 g/mol. The Balaban J connectivity index is 2.53. The Bertz CT molecular complexity index is 271. The van der Waals surface area contributed by atoms with Crippen LogP contribution in [0.25, 0.3) is 0 Å². The van der Waals surface area contributed by atoms with Crippen LogP contribution in [0.4, 0.5) is 0 Å². The maximum atomic E-state index is 5.02. The molecule has 1 heterocycles. The lowest BCUT2D eigenvalue weighted by molar-refractivity contribution is 1.14. The lowest BCUT2D eigenvalue weighted by Gasteiger charge is -1.90. The molecule has 1 aromatic rings. The molecule has 0 saturated carbocycles. The van der Waals surface area contributed by atoms with Gasteiger partial charge < -0.3 is 0 Å². The van der Waals surface area contributed by atoms with Crippen LogP contribution in [0.3, 0.4) is 0 Å². The number of allylic oxidation sites excluding steroid dienone is 1. The molecule has 1 nitrogen and oxygen atoms in total. The van der Waals surface area contributed by atoms with E-state index in [1.54, 1.807) is 12.3 Å². The molecule has 0 saturated heterocycles. The molecule has 0 unspecified atom stereocenters. The average Bonchev–Trinajstić information content (AvgIpc) is 2.07. The number of nitrogens with zero attached hydrogens (tertiary/aromatic N) is 1. The van der Waals surface area contributed by atoms with Gasteiger partial charge in [0.05, 0.1) is 0 Å². The van der Waals surface area contributed by atoms with Crippen molar-refractivity contribution in [3.8, 4) is 12.3 Å². The Morgan fingerprint density at radius 2 is 2.45 bits per heavy atom. The summed E-state index contributed by atoms with van der Waals surface area (Å²) in [5, 5.41) is 2.79. The fraction of sp³-hybridized carbons (Fsp3) is 0. The maximum Gasteiger partial charge on any atom is 0.100 e. The van der Waals surface area contributed by atoms with E-state index in [0.29, 0.717) is 0 Å². The zero-order chi connectivity index (χ0) is 7.94. The highest BCUT2D eigenvalue weighted by Gasteiger charge is 1.85. The van der Waals surface area contributed by atoms with Gasteiger partial charge >= 0.3 is 0 Å². The van der Waals surface area contributed by atoms with E-state index in [-0.39, 0.29) is 0 Å². The predicted octanol–water partition coefficient (Wildman–Crippen LogP) is 2.32. The maximum absolute atomic E-state index is 5.02. The fourth-order valence-corrected chi connectivity index (χ4v) is 1.12. The predicted molar refractivity (Wildman–Crippen MR) is 48.1 cm³/mol. The van der Waals surface area contributed by atoms with Crippen LogP contribution in [0.1, 0.15) is 0 Å². The van der Waals surface area contributed by atoms with E-state index in [9.17, 15) is 0 Å². The van der Waals surface area contributed by atoms with Crippen molar-refractivity contribution in [2.45, 2.75) is 5.03 Å². The number of pyridine rings is 1. The summed E-state index contributed by atoms with van der Waals surface area (Å²) in [4.78, 5) is 4.09. The lowest BCUT2D eigenvalue weighted by Crippen LogP contribution is -1.72. The number of terminal acetylenes is 1. The third-order valence-electron chi connectivity index (χ3n) is 0.991. The molecule has 1 rings (SSSR count). The summed E-state index contributed by atoms with van der Waals surface area (Å²) < 4.78 is 0. The van der Waals surface area contributed by atoms with E-state index in [0.717, 1.165) is 5.03 Å². The first-order valence-electron chi connectivity index (χ1n) is 3.12. The summed E-state index contributed by atoms with van der Waals surface area (Å²) in [6.07, 6.45) is 8.43. The minimum atomic E-state index is 0.957. The van der Waals surface area contributed by atoms with Crippen molar-refractivity contribution in [1.29, 1.82) is 0 Å². The van der Waals surface area contributed by atoms with Crippen molar-refractivity contribution in [1.82, 2.24) is 4.98 Å². The van der Waals surface area contributed by atoms with Gasteiger partial charge in [-0.15, -0.1) is 6.42 Å². The van der Waals surface area contributed by atoms with Crippen molar-refractivity contribution >= 4 is 11.8 Å². The van der Waals surface area contributed by atoms with E-state index in [1.807, 2.05) is 23.6 Å². The normalized spacial score (nSPS) is 9.73. The number of hydrogen-bond donors (Lipinski definition) is 0. The van der Waals surface area contributed by atoms with Gasteiger partial charge in [-0.05, 0) is 23.6 Å². The quantitative estimate of drug-likeness (QED) is 0.487. The molecular weight excluding hydrogens is 154 g/mol. The van der Waals surface area contributed by atoms with Crippen LogP contribution in [0, 0.1) is 12.3 Å². The van der Waals surface area contributed by atoms with Gasteiger partial charge in [-0.1, -0.05) is 23.7 Å². The van der Waals surface area contributed by atoms with Crippen LogP contribution < -0.4 is 0 Å². The highest BCUT2D eigenvalue weighted by molar-refractivity contribution is 8.02. The fourth-order valence-electron chi connectivity index (χ4n) is 0.560. The molecule has 0 aromatic carbocycles. The molecule has 0 aliphatic rings. The van der Waals surface area contributed by atoms with Gasteiger partial charge in [0.15, 0.2) is 0 Å². The number of aromatic nitrogens is 1. The molecule has 11 heavy (non-hydrogen) atoms. The van der Waals surface area contributed by atoms with Crippen LogP contribution in [-0.2, 0) is 0 Å². The Morgan fingerprint density at radius 1 is 1.55 bits per heavy atom. The second-order valence-corrected chi connectivity index (χ2v) is 2.68. The first kappa shape index (κ1) is 7.90. The molecule has 0 N–H and O–H groups in total. The van der Waals surface area contributed by atoms with Gasteiger partial charge in [-0.3, -0.25) is 0 Å². The minimum Gasteiger partial charge on any atom is -0.250 e. The zero-order valence-corrected chi connectivity index (χ0v) is 6.71. The Kier molecular flexibility index (Phi) is 3.30. The second kappa shape index (κ2) is 4.59. The van der Waals surface area contributed by atoms with Crippen LogP contribution >= 0.6 is 11.8 Å². The number of hydrogen-bond acceptors (Lipinski definition) is 2. The van der Waals surface area contributed by atoms with Gasteiger partial charge in [-0.2, -0.15) is 0 Å². The van der Waals surface area contributed by atoms with Gasteiger partial charge in [0.1, 0.15) is 5.03 Å². The largest absolute Gasteiger partial charge is 0.250 e. The first-order valence-corrected chi connectivity index (χ1v) is 4.00. The van der Waals surface area contributed by atoms with E-state index in [1.165, 1.54) is 11.8 Å². The van der Waals surface area contributed by atoms with Gasteiger partial charge in [0.2, 0.25) is 0 Å². The molecule has 0 fully saturated rings. The molecule has 0 amide bonds. The van der Waals surface area contributed by atoms with Crippen molar-refractivity contribution < 1.29 is 0 Å². The average molecular weight is 161 g/mol. The van der Waals surface area contributed by atoms with E-state index in [4.69, 9.17) is 6.42 Å². The molecule has 0 bridgehead atoms. The number of rotatable bonds is 2. The summed E-state index contributed by atoms with van der Waals surface area (Å²) in [5.41, 5.74) is 0. The van der Waals surface area contributed by atoms with Crippen molar-refractivity contribution in [2.24, 2.45) is 0 Å². The molecule has 0 aliphatic heterocycles. The minimum absolute atomic E-state index is 0.957. The summed E-state index contributed by atoms with van der Waals surface area (Å²) in [6, 6.07) is 5.76. The van der Waals surface area contributed by atoms with E-state index in [2.05, 4.69) is 10.9 Å². The second-order valence-electron chi connectivity index (χ2n) is 1.76. The molecule has 0 spiro atoms. The van der Waals surface area contributed by atoms with Crippen molar-refractivity contribution in [3.05, 3.63) is 35.9 Å². The topological polar surface area (TPSA) is 12.9 Å². The third-order valence-corrected chi connectivity index (χ3v) is 1.75. The van der Waals surface area contributed by atoms with Crippen LogP contribution in [0.5, 0.6) is 0 Å². The highest BCUT2D eigenvalue weighted by Crippen LogP contribution is 2.14. The van der Waals surface area contributed by atoms with Crippen molar-refractivity contribution in [3.63, 3.8) is 0 Å². The molecule has 0 atom stereocenters. The smallest absolute Gasteiger partial charge is 0.100 e. The molecule has 2 heteroatoms. The summed E-state index contributed by atoms with van der Waals surface area (Å²) >= 11 is 1.51. The Hall–Kier alpha value is -1.20. The standard InChI is InChI=1S/C9H7NS/c1-2-3-8-11-9-6-4-5-7-10-9/h1,3-8H/b8-3+. The van der Waals surface area contributed by atoms with E-state index < -0.39 is 0 Å². The third kappa shape index (κ3) is 2.92. The Morgan fingerprint density at radius 3 is 3.09 bits per heavy atom. The SMILES string of the molecule is C#C/C=C/Sc1ccccn1. The van der Waals surface area contributed by atoms with Crippen LogP contribution in [0.2, 0.25) is 0 Å².